The van der Waals surface area contributed by atoms with Crippen molar-refractivity contribution in [1.29, 1.82) is 0 Å². The number of rotatable bonds is 7. The van der Waals surface area contributed by atoms with E-state index < -0.39 is 11.4 Å². The predicted molar refractivity (Wildman–Crippen MR) is 70.2 cm³/mol. The van der Waals surface area contributed by atoms with Crippen molar-refractivity contribution in [3.05, 3.63) is 18.2 Å². The Balaban J connectivity index is 2.65. The molecule has 102 valence electrons. The van der Waals surface area contributed by atoms with Gasteiger partial charge in [-0.2, -0.15) is 0 Å². The third kappa shape index (κ3) is 3.57. The molecule has 0 fully saturated rings. The van der Waals surface area contributed by atoms with Crippen LogP contribution in [-0.2, 0) is 18.4 Å². The van der Waals surface area contributed by atoms with Crippen LogP contribution in [0.4, 0.5) is 0 Å². The molecule has 5 heteroatoms. The molecule has 0 aliphatic heterocycles. The van der Waals surface area contributed by atoms with Gasteiger partial charge in [0.1, 0.15) is 5.82 Å². The highest BCUT2D eigenvalue weighted by Gasteiger charge is 2.33. The second-order valence-electron chi connectivity index (χ2n) is 5.24. The maximum atomic E-state index is 11.4. The van der Waals surface area contributed by atoms with E-state index in [-0.39, 0.29) is 0 Å². The number of carbonyl (C=O) groups is 1. The fourth-order valence-corrected chi connectivity index (χ4v) is 2.25. The molecule has 0 saturated carbocycles. The molecular formula is C13H23N3O2. The summed E-state index contributed by atoms with van der Waals surface area (Å²) in [4.78, 5) is 17.6. The van der Waals surface area contributed by atoms with Gasteiger partial charge in [-0.05, 0) is 20.4 Å². The van der Waals surface area contributed by atoms with E-state index in [1.54, 1.807) is 6.20 Å². The maximum Gasteiger partial charge on any atom is 0.310 e. The van der Waals surface area contributed by atoms with Crippen LogP contribution in [0.2, 0.25) is 0 Å². The van der Waals surface area contributed by atoms with E-state index in [2.05, 4.69) is 4.98 Å². The zero-order valence-corrected chi connectivity index (χ0v) is 11.7. The van der Waals surface area contributed by atoms with Gasteiger partial charge in [-0.15, -0.1) is 0 Å². The van der Waals surface area contributed by atoms with Gasteiger partial charge in [0.15, 0.2) is 0 Å². The van der Waals surface area contributed by atoms with Crippen LogP contribution in [0.5, 0.6) is 0 Å². The van der Waals surface area contributed by atoms with E-state index in [9.17, 15) is 9.90 Å². The normalized spacial score (nSPS) is 14.7. The topological polar surface area (TPSA) is 58.4 Å². The highest BCUT2D eigenvalue weighted by Crippen LogP contribution is 2.25. The predicted octanol–water partition coefficient (Wildman–Crippen LogP) is 1.74. The monoisotopic (exact) mass is 253 g/mol. The molecule has 5 nitrogen and oxygen atoms in total. The van der Waals surface area contributed by atoms with Gasteiger partial charge in [-0.25, -0.2) is 4.98 Å². The van der Waals surface area contributed by atoms with E-state index in [4.69, 9.17) is 0 Å². The van der Waals surface area contributed by atoms with Crippen molar-refractivity contribution >= 4 is 5.97 Å². The molecule has 0 bridgehead atoms. The molecule has 1 aromatic heterocycles. The SMILES string of the molecule is CCCC(C)(CN(C)Cc1nccn1C)C(=O)O. The van der Waals surface area contributed by atoms with Gasteiger partial charge in [0.25, 0.3) is 0 Å². The molecular weight excluding hydrogens is 230 g/mol. The summed E-state index contributed by atoms with van der Waals surface area (Å²) >= 11 is 0. The van der Waals surface area contributed by atoms with E-state index in [0.29, 0.717) is 19.5 Å². The summed E-state index contributed by atoms with van der Waals surface area (Å²) in [6.45, 7) is 5.02. The van der Waals surface area contributed by atoms with Crippen LogP contribution in [0, 0.1) is 5.41 Å². The smallest absolute Gasteiger partial charge is 0.310 e. The van der Waals surface area contributed by atoms with Crippen molar-refractivity contribution in [2.75, 3.05) is 13.6 Å². The van der Waals surface area contributed by atoms with Crippen molar-refractivity contribution in [3.63, 3.8) is 0 Å². The lowest BCUT2D eigenvalue weighted by molar-refractivity contribution is -0.149. The van der Waals surface area contributed by atoms with Crippen LogP contribution in [0.25, 0.3) is 0 Å². The van der Waals surface area contributed by atoms with E-state index in [1.165, 1.54) is 0 Å². The number of nitrogens with zero attached hydrogens (tertiary/aromatic N) is 3. The Morgan fingerprint density at radius 1 is 1.61 bits per heavy atom. The van der Waals surface area contributed by atoms with Crippen molar-refractivity contribution in [2.45, 2.75) is 33.2 Å². The summed E-state index contributed by atoms with van der Waals surface area (Å²) in [5.41, 5.74) is -0.686. The van der Waals surface area contributed by atoms with Gasteiger partial charge in [-0.3, -0.25) is 9.69 Å². The molecule has 1 unspecified atom stereocenters. The Kier molecular flexibility index (Phi) is 4.90. The van der Waals surface area contributed by atoms with Gasteiger partial charge < -0.3 is 9.67 Å². The minimum atomic E-state index is -0.726. The Bertz CT molecular complexity index is 403. The molecule has 0 spiro atoms. The molecule has 0 saturated heterocycles. The summed E-state index contributed by atoms with van der Waals surface area (Å²) < 4.78 is 1.95. The van der Waals surface area contributed by atoms with Gasteiger partial charge in [0.2, 0.25) is 0 Å². The Labute approximate surface area is 108 Å². The lowest BCUT2D eigenvalue weighted by Crippen LogP contribution is -2.39. The maximum absolute atomic E-state index is 11.4. The van der Waals surface area contributed by atoms with Crippen LogP contribution in [0.3, 0.4) is 0 Å². The number of hydrogen-bond acceptors (Lipinski definition) is 3. The summed E-state index contributed by atoms with van der Waals surface area (Å²) in [6.07, 6.45) is 5.21. The van der Waals surface area contributed by atoms with Gasteiger partial charge in [0, 0.05) is 26.0 Å². The molecule has 1 N–H and O–H groups in total. The van der Waals surface area contributed by atoms with E-state index in [0.717, 1.165) is 12.2 Å². The molecule has 1 aromatic rings. The van der Waals surface area contributed by atoms with Crippen LogP contribution in [0.1, 0.15) is 32.5 Å². The number of carboxylic acid groups (broad SMARTS) is 1. The third-order valence-corrected chi connectivity index (χ3v) is 3.27. The quantitative estimate of drug-likeness (QED) is 0.804. The molecule has 0 aliphatic rings. The second kappa shape index (κ2) is 6.00. The number of carboxylic acids is 1. The third-order valence-electron chi connectivity index (χ3n) is 3.27. The molecule has 1 atom stereocenters. The number of imidazole rings is 1. The average molecular weight is 253 g/mol. The molecule has 1 rings (SSSR count). The minimum Gasteiger partial charge on any atom is -0.481 e. The van der Waals surface area contributed by atoms with E-state index in [1.807, 2.05) is 43.6 Å². The van der Waals surface area contributed by atoms with Crippen LogP contribution < -0.4 is 0 Å². The first kappa shape index (κ1) is 14.7. The number of aromatic nitrogens is 2. The first-order valence-corrected chi connectivity index (χ1v) is 6.27. The van der Waals surface area contributed by atoms with Gasteiger partial charge in [-0.1, -0.05) is 13.3 Å². The average Bonchev–Trinajstić information content (AvgIpc) is 2.64. The second-order valence-corrected chi connectivity index (χ2v) is 5.24. The van der Waals surface area contributed by atoms with Crippen molar-refractivity contribution in [3.8, 4) is 0 Å². The fraction of sp³-hybridized carbons (Fsp3) is 0.692. The number of aryl methyl sites for hydroxylation is 1. The van der Waals surface area contributed by atoms with Crippen LogP contribution in [0.15, 0.2) is 12.4 Å². The van der Waals surface area contributed by atoms with Crippen molar-refractivity contribution in [1.82, 2.24) is 14.5 Å². The Hall–Kier alpha value is -1.36. The lowest BCUT2D eigenvalue weighted by Gasteiger charge is -2.29. The summed E-state index contributed by atoms with van der Waals surface area (Å²) in [5.74, 6) is 0.220. The highest BCUT2D eigenvalue weighted by molar-refractivity contribution is 5.74. The highest BCUT2D eigenvalue weighted by atomic mass is 16.4. The Morgan fingerprint density at radius 2 is 2.28 bits per heavy atom. The fourth-order valence-electron chi connectivity index (χ4n) is 2.25. The summed E-state index contributed by atoms with van der Waals surface area (Å²) in [6, 6.07) is 0. The zero-order valence-electron chi connectivity index (χ0n) is 11.7. The standard InChI is InChI=1S/C13H23N3O2/c1-5-6-13(2,12(17)18)10-15(3)9-11-14-7-8-16(11)4/h7-8H,5-6,9-10H2,1-4H3,(H,17,18). The number of hydrogen-bond donors (Lipinski definition) is 1. The molecule has 18 heavy (non-hydrogen) atoms. The summed E-state index contributed by atoms with van der Waals surface area (Å²) in [5, 5.41) is 9.35. The molecule has 0 radical (unpaired) electrons. The molecule has 0 aliphatic carbocycles. The summed E-state index contributed by atoms with van der Waals surface area (Å²) in [7, 11) is 3.88. The minimum absolute atomic E-state index is 0.531. The zero-order chi connectivity index (χ0) is 13.8. The van der Waals surface area contributed by atoms with Crippen LogP contribution >= 0.6 is 0 Å². The van der Waals surface area contributed by atoms with E-state index >= 15 is 0 Å². The number of aliphatic carboxylic acids is 1. The largest absolute Gasteiger partial charge is 0.481 e. The van der Waals surface area contributed by atoms with Crippen molar-refractivity contribution < 1.29 is 9.90 Å². The first-order valence-electron chi connectivity index (χ1n) is 6.27. The molecule has 1 heterocycles. The first-order chi connectivity index (χ1) is 8.39. The van der Waals surface area contributed by atoms with Gasteiger partial charge >= 0.3 is 5.97 Å². The van der Waals surface area contributed by atoms with Crippen LogP contribution in [-0.4, -0.2) is 39.1 Å². The lowest BCUT2D eigenvalue weighted by atomic mass is 9.85. The molecule has 0 aromatic carbocycles. The van der Waals surface area contributed by atoms with Gasteiger partial charge in [0.05, 0.1) is 12.0 Å². The van der Waals surface area contributed by atoms with Crippen molar-refractivity contribution in [2.24, 2.45) is 12.5 Å². The molecule has 0 amide bonds. The Morgan fingerprint density at radius 3 is 2.72 bits per heavy atom.